The lowest BCUT2D eigenvalue weighted by Crippen LogP contribution is -2.43. The summed E-state index contributed by atoms with van der Waals surface area (Å²) in [4.78, 5) is 63.0. The fraction of sp³-hybridized carbons (Fsp3) is 0.448. The molecule has 3 aromatic rings. The molecular formula is C29H37N7O4S2. The van der Waals surface area contributed by atoms with Crippen molar-refractivity contribution >= 4 is 46.3 Å². The summed E-state index contributed by atoms with van der Waals surface area (Å²) in [5.41, 5.74) is 7.11. The molecule has 3 heterocycles. The van der Waals surface area contributed by atoms with Gasteiger partial charge in [-0.1, -0.05) is 44.2 Å². The van der Waals surface area contributed by atoms with Gasteiger partial charge in [-0.05, 0) is 37.3 Å². The highest BCUT2D eigenvalue weighted by Crippen LogP contribution is 2.27. The third-order valence-corrected chi connectivity index (χ3v) is 8.70. The van der Waals surface area contributed by atoms with Gasteiger partial charge in [0.15, 0.2) is 0 Å². The average Bonchev–Trinajstić information content (AvgIpc) is 3.66. The van der Waals surface area contributed by atoms with Gasteiger partial charge in [0.1, 0.15) is 21.4 Å². The van der Waals surface area contributed by atoms with E-state index in [9.17, 15) is 19.2 Å². The molecule has 1 aliphatic rings. The maximum absolute atomic E-state index is 13.3. The standard InChI is InChI=1S/C29H37N7O4S2/c1-18(2)25-29-34-21(16-42-29)26(39)31-12-7-13-36(24(38)10-6-11-30)15-23(37)32-20(14-19-8-4-3-5-9-19)28-33-22(17-41-28)27(40)35-25/h3-5,8-9,16-18,20,25H,6-7,10-15,30H2,1-2H3,(H,31,39)(H,32,37)(H,35,40)/t20?,25-/m0/s1. The molecule has 5 N–H and O–H groups in total. The van der Waals surface area contributed by atoms with Gasteiger partial charge in [-0.25, -0.2) is 9.97 Å². The summed E-state index contributed by atoms with van der Waals surface area (Å²) in [6.07, 6.45) is 1.66. The molecule has 0 aliphatic carbocycles. The monoisotopic (exact) mass is 611 g/mol. The maximum atomic E-state index is 13.3. The number of benzene rings is 1. The summed E-state index contributed by atoms with van der Waals surface area (Å²) in [6, 6.07) is 8.79. The fourth-order valence-electron chi connectivity index (χ4n) is 4.54. The summed E-state index contributed by atoms with van der Waals surface area (Å²) in [5.74, 6) is -1.21. The molecule has 2 atom stereocenters. The number of nitrogens with zero attached hydrogens (tertiary/aromatic N) is 3. The molecule has 2 aromatic heterocycles. The van der Waals surface area contributed by atoms with Crippen molar-refractivity contribution in [3.8, 4) is 0 Å². The topological polar surface area (TPSA) is 159 Å². The highest BCUT2D eigenvalue weighted by Gasteiger charge is 2.27. The molecule has 4 amide bonds. The normalized spacial score (nSPS) is 18.9. The van der Waals surface area contributed by atoms with Crippen LogP contribution in [0.25, 0.3) is 0 Å². The number of amides is 4. The van der Waals surface area contributed by atoms with Crippen LogP contribution in [0, 0.1) is 5.92 Å². The first-order chi connectivity index (χ1) is 20.2. The van der Waals surface area contributed by atoms with E-state index in [1.807, 2.05) is 44.2 Å². The molecule has 0 fully saturated rings. The van der Waals surface area contributed by atoms with Gasteiger partial charge in [0, 0.05) is 30.3 Å². The van der Waals surface area contributed by atoms with Crippen LogP contribution in [0.4, 0.5) is 0 Å². The third-order valence-electron chi connectivity index (χ3n) is 6.82. The van der Waals surface area contributed by atoms with Crippen LogP contribution in [-0.2, 0) is 16.0 Å². The van der Waals surface area contributed by atoms with Crippen molar-refractivity contribution in [2.45, 2.75) is 51.6 Å². The van der Waals surface area contributed by atoms with Gasteiger partial charge in [0.25, 0.3) is 11.8 Å². The predicted octanol–water partition coefficient (Wildman–Crippen LogP) is 2.83. The molecular weight excluding hydrogens is 574 g/mol. The number of rotatable bonds is 6. The van der Waals surface area contributed by atoms with Crippen molar-refractivity contribution in [3.05, 3.63) is 68.1 Å². The average molecular weight is 612 g/mol. The summed E-state index contributed by atoms with van der Waals surface area (Å²) in [7, 11) is 0. The Morgan fingerprint density at radius 1 is 1.02 bits per heavy atom. The molecule has 4 rings (SSSR count). The van der Waals surface area contributed by atoms with E-state index in [4.69, 9.17) is 5.73 Å². The fourth-order valence-corrected chi connectivity index (χ4v) is 6.41. The highest BCUT2D eigenvalue weighted by atomic mass is 32.1. The van der Waals surface area contributed by atoms with Crippen molar-refractivity contribution in [1.82, 2.24) is 30.8 Å². The Hall–Kier alpha value is -3.68. The van der Waals surface area contributed by atoms with Gasteiger partial charge >= 0.3 is 0 Å². The first kappa shape index (κ1) is 31.3. The van der Waals surface area contributed by atoms with Gasteiger partial charge in [0.05, 0.1) is 18.6 Å². The minimum atomic E-state index is -0.503. The van der Waals surface area contributed by atoms with E-state index in [2.05, 4.69) is 25.9 Å². The van der Waals surface area contributed by atoms with E-state index in [0.29, 0.717) is 42.4 Å². The van der Waals surface area contributed by atoms with Crippen molar-refractivity contribution in [1.29, 1.82) is 0 Å². The van der Waals surface area contributed by atoms with Gasteiger partial charge in [-0.15, -0.1) is 22.7 Å². The number of thiazole rings is 2. The number of carbonyl (C=O) groups is 4. The lowest BCUT2D eigenvalue weighted by Gasteiger charge is -2.24. The summed E-state index contributed by atoms with van der Waals surface area (Å²) in [5, 5.41) is 13.5. The van der Waals surface area contributed by atoms with Crippen LogP contribution in [0.2, 0.25) is 0 Å². The molecule has 1 unspecified atom stereocenters. The number of nitrogens with one attached hydrogen (secondary N) is 3. The maximum Gasteiger partial charge on any atom is 0.271 e. The molecule has 13 heteroatoms. The highest BCUT2D eigenvalue weighted by molar-refractivity contribution is 7.10. The Balaban J connectivity index is 1.65. The third kappa shape index (κ3) is 8.43. The molecule has 11 nitrogen and oxygen atoms in total. The second-order valence-corrected chi connectivity index (χ2v) is 12.2. The number of fused-ring (bicyclic) bond motifs is 4. The lowest BCUT2D eigenvalue weighted by molar-refractivity contribution is -0.136. The Kier molecular flexibility index (Phi) is 11.2. The van der Waals surface area contributed by atoms with Gasteiger partial charge in [0.2, 0.25) is 11.8 Å². The van der Waals surface area contributed by atoms with E-state index in [1.54, 1.807) is 10.8 Å². The quantitative estimate of drug-likeness (QED) is 0.334. The number of nitrogens with two attached hydrogens (primary N) is 1. The van der Waals surface area contributed by atoms with Crippen LogP contribution in [0.3, 0.4) is 0 Å². The zero-order valence-electron chi connectivity index (χ0n) is 23.8. The largest absolute Gasteiger partial charge is 0.351 e. The Labute approximate surface area is 253 Å². The van der Waals surface area contributed by atoms with E-state index in [0.717, 1.165) is 5.56 Å². The predicted molar refractivity (Wildman–Crippen MR) is 162 cm³/mol. The SMILES string of the molecule is CC(C)[C@@H]1NC(=O)c2csc(n2)C(Cc2ccccc2)NC(=O)CN(C(=O)CCCN)CCCNC(=O)c2csc1n2. The van der Waals surface area contributed by atoms with Gasteiger partial charge < -0.3 is 26.6 Å². The van der Waals surface area contributed by atoms with Crippen LogP contribution >= 0.6 is 22.7 Å². The van der Waals surface area contributed by atoms with Crippen LogP contribution < -0.4 is 21.7 Å². The summed E-state index contributed by atoms with van der Waals surface area (Å²) < 4.78 is 0. The zero-order valence-corrected chi connectivity index (χ0v) is 25.4. The van der Waals surface area contributed by atoms with E-state index in [-0.39, 0.29) is 60.4 Å². The van der Waals surface area contributed by atoms with Crippen LogP contribution in [0.1, 0.15) is 81.7 Å². The summed E-state index contributed by atoms with van der Waals surface area (Å²) >= 11 is 2.61. The molecule has 224 valence electrons. The Bertz CT molecular complexity index is 1370. The smallest absolute Gasteiger partial charge is 0.271 e. The molecule has 1 aromatic carbocycles. The van der Waals surface area contributed by atoms with Crippen molar-refractivity contribution in [2.75, 3.05) is 26.2 Å². The minimum Gasteiger partial charge on any atom is -0.351 e. The molecule has 0 radical (unpaired) electrons. The van der Waals surface area contributed by atoms with Gasteiger partial charge in [-0.3, -0.25) is 19.2 Å². The first-order valence-electron chi connectivity index (χ1n) is 14.1. The van der Waals surface area contributed by atoms with E-state index < -0.39 is 12.1 Å². The van der Waals surface area contributed by atoms with Crippen molar-refractivity contribution in [2.24, 2.45) is 11.7 Å². The number of carbonyl (C=O) groups excluding carboxylic acids is 4. The minimum absolute atomic E-state index is 0.0103. The molecule has 0 saturated heterocycles. The Morgan fingerprint density at radius 2 is 1.71 bits per heavy atom. The first-order valence-corrected chi connectivity index (χ1v) is 15.8. The summed E-state index contributed by atoms with van der Waals surface area (Å²) in [6.45, 7) is 4.76. The van der Waals surface area contributed by atoms with E-state index in [1.165, 1.54) is 27.6 Å². The van der Waals surface area contributed by atoms with Gasteiger partial charge in [-0.2, -0.15) is 0 Å². The van der Waals surface area contributed by atoms with Crippen LogP contribution in [0.5, 0.6) is 0 Å². The second-order valence-electron chi connectivity index (χ2n) is 10.5. The second kappa shape index (κ2) is 15.0. The van der Waals surface area contributed by atoms with Crippen LogP contribution in [-0.4, -0.2) is 64.7 Å². The molecule has 0 spiro atoms. The molecule has 4 bridgehead atoms. The number of aromatic nitrogens is 2. The molecule has 1 aliphatic heterocycles. The van der Waals surface area contributed by atoms with Crippen molar-refractivity contribution in [3.63, 3.8) is 0 Å². The zero-order chi connectivity index (χ0) is 30.1. The lowest BCUT2D eigenvalue weighted by atomic mass is 10.0. The number of hydrogen-bond acceptors (Lipinski definition) is 9. The van der Waals surface area contributed by atoms with Crippen LogP contribution in [0.15, 0.2) is 41.1 Å². The molecule has 0 saturated carbocycles. The Morgan fingerprint density at radius 3 is 2.43 bits per heavy atom. The number of hydrogen-bond donors (Lipinski definition) is 4. The molecule has 42 heavy (non-hydrogen) atoms. The van der Waals surface area contributed by atoms with E-state index >= 15 is 0 Å². The van der Waals surface area contributed by atoms with Crippen molar-refractivity contribution < 1.29 is 19.2 Å².